The third-order valence-electron chi connectivity index (χ3n) is 12.1. The van der Waals surface area contributed by atoms with Crippen LogP contribution < -0.4 is 22.2 Å². The number of hydrogen-bond donors (Lipinski definition) is 4. The van der Waals surface area contributed by atoms with Crippen molar-refractivity contribution >= 4 is 151 Å². The van der Waals surface area contributed by atoms with Crippen LogP contribution in [0.15, 0.2) is 120 Å². The summed E-state index contributed by atoms with van der Waals surface area (Å²) in [4.78, 5) is 57.1. The Hall–Kier alpha value is -5.87. The average Bonchev–Trinajstić information content (AvgIpc) is 3.65. The molecule has 3 aromatic heterocycles. The average molecular weight is 1260 g/mol. The van der Waals surface area contributed by atoms with Crippen molar-refractivity contribution in [2.24, 2.45) is 10.2 Å². The summed E-state index contributed by atoms with van der Waals surface area (Å²) in [7, 11) is 2.62. The molecule has 17 nitrogen and oxygen atoms in total. The van der Waals surface area contributed by atoms with Gasteiger partial charge in [-0.05, 0) is 123 Å². The number of carbonyl (C=O) groups excluding carboxylic acids is 3. The highest BCUT2D eigenvalue weighted by atomic mass is 79.9. The van der Waals surface area contributed by atoms with E-state index in [1.54, 1.807) is 55.0 Å². The standard InChI is InChI=1S/C18H16Cl2N4O2.C12H10Cl2N2.C11H17BN2O2.C7H5BrCl2.C6H8N2O3/c1-24-17(25)7-5-15(23-24)18(26)22-16-6-3-12(10-21-16)8-11-2-4-13(19)14(20)9-11;13-10-3-1-8(6-11(10)14)5-9-2-4-12(15)16-7-9;1-10(2)11(3,4)16-12(15-10)8-5-6-9(13)14-7-8;8-4-5-1-2-6(9)7(10)3-5;1-8-5(9)3-2-4(7-8)6(10)11/h2-4,6,9-10H,5,7-8H2,1H3,(H,21,22,26);1-4,6-7H,5H2,(H2,15,16);5-7H,1-4H3,(H2,13,14);1-3H,4H2;2-3H2,1H3,(H,10,11). The summed E-state index contributed by atoms with van der Waals surface area (Å²) in [5.74, 6) is -0.201. The summed E-state index contributed by atoms with van der Waals surface area (Å²) in [6, 6.07) is 27.6. The molecule has 1 fully saturated rings. The number of hydrogen-bond acceptors (Lipinski definition) is 13. The van der Waals surface area contributed by atoms with Crippen molar-refractivity contribution in [2.45, 2.75) is 82.8 Å². The smallest absolute Gasteiger partial charge is 0.477 e. The van der Waals surface area contributed by atoms with Crippen molar-refractivity contribution in [2.75, 3.05) is 30.9 Å². The maximum absolute atomic E-state index is 12.2. The number of carboxylic acids is 1. The van der Waals surface area contributed by atoms with Crippen molar-refractivity contribution in [3.8, 4) is 0 Å². The number of carbonyl (C=O) groups is 4. The molecule has 0 atom stereocenters. The monoisotopic (exact) mass is 1260 g/mol. The second-order valence-corrected chi connectivity index (χ2v) is 21.7. The Morgan fingerprint density at radius 3 is 1.42 bits per heavy atom. The van der Waals surface area contributed by atoms with Crippen molar-refractivity contribution < 1.29 is 33.6 Å². The molecule has 3 aromatic carbocycles. The number of aromatic nitrogens is 3. The Kier molecular flexibility index (Phi) is 23.9. The van der Waals surface area contributed by atoms with Gasteiger partial charge in [0.05, 0.1) is 41.3 Å². The zero-order valence-electron chi connectivity index (χ0n) is 43.7. The van der Waals surface area contributed by atoms with Gasteiger partial charge in [-0.15, -0.1) is 0 Å². The molecule has 3 aliphatic rings. The first-order valence-corrected chi connectivity index (χ1v) is 27.5. The minimum Gasteiger partial charge on any atom is -0.477 e. The van der Waals surface area contributed by atoms with Crippen LogP contribution in [0.3, 0.4) is 0 Å². The van der Waals surface area contributed by atoms with Gasteiger partial charge in [0.2, 0.25) is 11.8 Å². The summed E-state index contributed by atoms with van der Waals surface area (Å²) in [5, 5.41) is 25.2. The summed E-state index contributed by atoms with van der Waals surface area (Å²) in [6.07, 6.45) is 7.64. The number of nitrogens with two attached hydrogens (primary N) is 2. The fraction of sp³-hybridized carbons (Fsp3) is 0.278. The van der Waals surface area contributed by atoms with Crippen molar-refractivity contribution in [1.29, 1.82) is 0 Å². The lowest BCUT2D eigenvalue weighted by molar-refractivity contribution is -0.132. The van der Waals surface area contributed by atoms with Gasteiger partial charge in [0.1, 0.15) is 28.9 Å². The van der Waals surface area contributed by atoms with Crippen LogP contribution in [-0.2, 0) is 46.7 Å². The van der Waals surface area contributed by atoms with Gasteiger partial charge in [0, 0.05) is 69.2 Å². The van der Waals surface area contributed by atoms with Crippen LogP contribution in [0.2, 0.25) is 30.1 Å². The van der Waals surface area contributed by atoms with Gasteiger partial charge in [0.25, 0.3) is 5.91 Å². The highest BCUT2D eigenvalue weighted by Gasteiger charge is 2.51. The lowest BCUT2D eigenvalue weighted by Crippen LogP contribution is -2.41. The zero-order chi connectivity index (χ0) is 58.2. The molecule has 79 heavy (non-hydrogen) atoms. The van der Waals surface area contributed by atoms with Crippen LogP contribution in [0.25, 0.3) is 0 Å². The number of benzene rings is 3. The fourth-order valence-corrected chi connectivity index (χ4v) is 8.23. The fourth-order valence-electron chi connectivity index (χ4n) is 6.92. The molecule has 416 valence electrons. The van der Waals surface area contributed by atoms with Gasteiger partial charge in [-0.3, -0.25) is 14.4 Å². The van der Waals surface area contributed by atoms with Gasteiger partial charge in [-0.25, -0.2) is 29.8 Å². The lowest BCUT2D eigenvalue weighted by Gasteiger charge is -2.32. The topological polar surface area (TPSA) is 241 Å². The molecule has 0 aliphatic carbocycles. The van der Waals surface area contributed by atoms with E-state index in [4.69, 9.17) is 95.5 Å². The number of alkyl halides is 1. The van der Waals surface area contributed by atoms with Crippen LogP contribution in [0.5, 0.6) is 0 Å². The minimum absolute atomic E-state index is 0.0482. The number of nitrogens with one attached hydrogen (secondary N) is 1. The second-order valence-electron chi connectivity index (χ2n) is 18.7. The minimum atomic E-state index is -1.05. The molecule has 3 aliphatic heterocycles. The first-order valence-electron chi connectivity index (χ1n) is 24.1. The molecule has 0 radical (unpaired) electrons. The third kappa shape index (κ3) is 19.7. The summed E-state index contributed by atoms with van der Waals surface area (Å²) < 4.78 is 11.8. The molecular formula is C54H56BBrCl6N10O7. The molecule has 0 saturated carbocycles. The quantitative estimate of drug-likeness (QED) is 0.0781. The molecule has 1 saturated heterocycles. The molecule has 0 bridgehead atoms. The van der Waals surface area contributed by atoms with Crippen LogP contribution in [0, 0.1) is 0 Å². The molecule has 6 N–H and O–H groups in total. The predicted octanol–water partition coefficient (Wildman–Crippen LogP) is 11.6. The number of rotatable bonds is 9. The van der Waals surface area contributed by atoms with Crippen molar-refractivity contribution in [3.05, 3.63) is 168 Å². The van der Waals surface area contributed by atoms with E-state index in [1.807, 2.05) is 82.3 Å². The number of nitrogens with zero attached hydrogens (tertiary/aromatic N) is 7. The molecule has 0 unspecified atom stereocenters. The number of anilines is 3. The number of halogens is 7. The van der Waals surface area contributed by atoms with Crippen molar-refractivity contribution in [3.63, 3.8) is 0 Å². The lowest BCUT2D eigenvalue weighted by atomic mass is 9.80. The number of pyridine rings is 3. The third-order valence-corrected chi connectivity index (χ3v) is 15.0. The number of carboxylic acid groups (broad SMARTS) is 1. The molecule has 9 rings (SSSR count). The number of nitrogen functional groups attached to an aromatic ring is 2. The van der Waals surface area contributed by atoms with E-state index in [1.165, 1.54) is 19.1 Å². The van der Waals surface area contributed by atoms with Gasteiger partial charge in [0.15, 0.2) is 0 Å². The Bertz CT molecular complexity index is 3160. The SMILES string of the molecule is CC1(C)OB(c2ccc(N)nc2)OC1(C)C.CN1N=C(C(=O)Nc2ccc(Cc3ccc(Cl)c(Cl)c3)cn2)CCC1=O.CN1N=C(C(=O)O)CCC1=O.Clc1ccc(CBr)cc1Cl.Nc1ccc(Cc2ccc(Cl)c(Cl)c2)cn1. The summed E-state index contributed by atoms with van der Waals surface area (Å²) >= 11 is 38.5. The highest BCUT2D eigenvalue weighted by molar-refractivity contribution is 9.08. The summed E-state index contributed by atoms with van der Waals surface area (Å²) in [5.41, 5.74) is 17.0. The Labute approximate surface area is 497 Å². The Morgan fingerprint density at radius 1 is 0.595 bits per heavy atom. The molecule has 6 heterocycles. The van der Waals surface area contributed by atoms with Gasteiger partial charge in [-0.2, -0.15) is 10.2 Å². The van der Waals surface area contributed by atoms with E-state index >= 15 is 0 Å². The second kappa shape index (κ2) is 29.6. The molecule has 0 spiro atoms. The van der Waals surface area contributed by atoms with Gasteiger partial charge in [-0.1, -0.05) is 122 Å². The van der Waals surface area contributed by atoms with E-state index < -0.39 is 5.97 Å². The first-order chi connectivity index (χ1) is 37.2. The first kappa shape index (κ1) is 64.0. The van der Waals surface area contributed by atoms with E-state index in [0.29, 0.717) is 66.1 Å². The Balaban J connectivity index is 0.000000190. The van der Waals surface area contributed by atoms with Crippen LogP contribution >= 0.6 is 85.5 Å². The zero-order valence-corrected chi connectivity index (χ0v) is 49.9. The van der Waals surface area contributed by atoms with Crippen LogP contribution in [0.4, 0.5) is 17.5 Å². The van der Waals surface area contributed by atoms with Crippen LogP contribution in [0.1, 0.15) is 81.2 Å². The number of amides is 3. The van der Waals surface area contributed by atoms with Gasteiger partial charge < -0.3 is 31.2 Å². The Morgan fingerprint density at radius 2 is 1.01 bits per heavy atom. The highest BCUT2D eigenvalue weighted by Crippen LogP contribution is 2.36. The normalized spacial score (nSPS) is 15.1. The number of hydrazone groups is 2. The summed E-state index contributed by atoms with van der Waals surface area (Å²) in [6.45, 7) is 8.10. The van der Waals surface area contributed by atoms with E-state index in [-0.39, 0.29) is 61.0 Å². The molecule has 3 amide bonds. The predicted molar refractivity (Wildman–Crippen MR) is 320 cm³/mol. The van der Waals surface area contributed by atoms with Crippen molar-refractivity contribution in [1.82, 2.24) is 25.0 Å². The van der Waals surface area contributed by atoms with E-state index in [0.717, 1.165) is 50.0 Å². The van der Waals surface area contributed by atoms with Gasteiger partial charge >= 0.3 is 13.1 Å². The van der Waals surface area contributed by atoms with E-state index in [2.05, 4.69) is 46.4 Å². The molecular weight excluding hydrogens is 1200 g/mol. The van der Waals surface area contributed by atoms with Crippen LogP contribution in [-0.4, -0.2) is 97.6 Å². The number of aliphatic carboxylic acids is 1. The molecule has 25 heteroatoms. The van der Waals surface area contributed by atoms with E-state index in [9.17, 15) is 19.2 Å². The molecule has 6 aromatic rings. The maximum Gasteiger partial charge on any atom is 0.496 e. The largest absolute Gasteiger partial charge is 0.496 e. The maximum atomic E-state index is 12.2.